The fourth-order valence-electron chi connectivity index (χ4n) is 1.30. The average molecular weight is 196 g/mol. The minimum Gasteiger partial charge on any atom is -0.356 e. The Balaban J connectivity index is 2.13. The van der Waals surface area contributed by atoms with Gasteiger partial charge in [0.05, 0.1) is 0 Å². The van der Waals surface area contributed by atoms with Crippen LogP contribution in [0.3, 0.4) is 0 Å². The highest BCUT2D eigenvalue weighted by molar-refractivity contribution is 5.24. The van der Waals surface area contributed by atoms with Gasteiger partial charge in [0.2, 0.25) is 5.95 Å². The number of rotatable bonds is 6. The Labute approximate surface area is 85.5 Å². The number of nitrogens with zero attached hydrogens (tertiary/aromatic N) is 2. The maximum atomic E-state index is 5.54. The summed E-state index contributed by atoms with van der Waals surface area (Å²) in [5.74, 6) is 1.56. The first-order valence-corrected chi connectivity index (χ1v) is 5.15. The topological polar surface area (TPSA) is 55.9 Å². The number of aryl methyl sites for hydroxylation is 1. The van der Waals surface area contributed by atoms with Gasteiger partial charge in [0.1, 0.15) is 0 Å². The van der Waals surface area contributed by atoms with E-state index in [2.05, 4.69) is 17.2 Å². The number of imidazole rings is 1. The summed E-state index contributed by atoms with van der Waals surface area (Å²) in [6.45, 7) is 3.93. The number of anilines is 1. The molecule has 0 spiro atoms. The SMILES string of the molecule is CC(CN)CCCNc1nccn1C. The molecule has 0 aliphatic heterocycles. The van der Waals surface area contributed by atoms with Crippen LogP contribution in [0.15, 0.2) is 12.4 Å². The van der Waals surface area contributed by atoms with Crippen molar-refractivity contribution in [1.29, 1.82) is 0 Å². The second kappa shape index (κ2) is 5.65. The highest BCUT2D eigenvalue weighted by atomic mass is 15.2. The van der Waals surface area contributed by atoms with Crippen LogP contribution in [0.4, 0.5) is 5.95 Å². The second-order valence-electron chi connectivity index (χ2n) is 3.77. The molecule has 1 unspecified atom stereocenters. The molecule has 0 aliphatic carbocycles. The molecule has 1 aromatic rings. The Bertz CT molecular complexity index is 256. The quantitative estimate of drug-likeness (QED) is 0.672. The third kappa shape index (κ3) is 3.38. The van der Waals surface area contributed by atoms with Gasteiger partial charge < -0.3 is 15.6 Å². The summed E-state index contributed by atoms with van der Waals surface area (Å²) >= 11 is 0. The van der Waals surface area contributed by atoms with E-state index in [1.165, 1.54) is 6.42 Å². The Hall–Kier alpha value is -1.03. The maximum Gasteiger partial charge on any atom is 0.202 e. The van der Waals surface area contributed by atoms with Crippen molar-refractivity contribution in [2.45, 2.75) is 19.8 Å². The van der Waals surface area contributed by atoms with Crippen molar-refractivity contribution in [2.75, 3.05) is 18.4 Å². The predicted octanol–water partition coefficient (Wildman–Crippen LogP) is 1.21. The van der Waals surface area contributed by atoms with Crippen LogP contribution in [0.25, 0.3) is 0 Å². The van der Waals surface area contributed by atoms with E-state index in [1.807, 2.05) is 17.8 Å². The number of aromatic nitrogens is 2. The van der Waals surface area contributed by atoms with Gasteiger partial charge in [-0.3, -0.25) is 0 Å². The van der Waals surface area contributed by atoms with Gasteiger partial charge in [-0.25, -0.2) is 4.98 Å². The summed E-state index contributed by atoms with van der Waals surface area (Å²) in [7, 11) is 1.98. The van der Waals surface area contributed by atoms with E-state index in [4.69, 9.17) is 5.73 Å². The summed E-state index contributed by atoms with van der Waals surface area (Å²) in [4.78, 5) is 4.18. The number of hydrogen-bond acceptors (Lipinski definition) is 3. The van der Waals surface area contributed by atoms with Crippen molar-refractivity contribution < 1.29 is 0 Å². The van der Waals surface area contributed by atoms with Crippen LogP contribution >= 0.6 is 0 Å². The molecule has 0 radical (unpaired) electrons. The molecule has 1 rings (SSSR count). The third-order valence-corrected chi connectivity index (χ3v) is 2.38. The molecule has 0 saturated heterocycles. The zero-order chi connectivity index (χ0) is 10.4. The van der Waals surface area contributed by atoms with Crippen LogP contribution in [0.1, 0.15) is 19.8 Å². The number of nitrogens with one attached hydrogen (secondary N) is 1. The number of hydrogen-bond donors (Lipinski definition) is 2. The molecule has 0 saturated carbocycles. The Morgan fingerprint density at radius 1 is 1.64 bits per heavy atom. The lowest BCUT2D eigenvalue weighted by Crippen LogP contribution is -2.13. The smallest absolute Gasteiger partial charge is 0.202 e. The molecule has 0 fully saturated rings. The van der Waals surface area contributed by atoms with E-state index in [-0.39, 0.29) is 0 Å². The summed E-state index contributed by atoms with van der Waals surface area (Å²) in [6, 6.07) is 0. The molecule has 0 amide bonds. The van der Waals surface area contributed by atoms with Gasteiger partial charge in [-0.2, -0.15) is 0 Å². The minimum absolute atomic E-state index is 0.623. The van der Waals surface area contributed by atoms with E-state index < -0.39 is 0 Å². The predicted molar refractivity (Wildman–Crippen MR) is 59.2 cm³/mol. The van der Waals surface area contributed by atoms with Crippen molar-refractivity contribution in [3.8, 4) is 0 Å². The molecular weight excluding hydrogens is 176 g/mol. The summed E-state index contributed by atoms with van der Waals surface area (Å²) in [6.07, 6.45) is 6.05. The van der Waals surface area contributed by atoms with Crippen molar-refractivity contribution in [3.63, 3.8) is 0 Å². The molecule has 1 atom stereocenters. The fraction of sp³-hybridized carbons (Fsp3) is 0.700. The molecule has 3 N–H and O–H groups in total. The fourth-order valence-corrected chi connectivity index (χ4v) is 1.30. The van der Waals surface area contributed by atoms with Crippen LogP contribution in [-0.4, -0.2) is 22.6 Å². The summed E-state index contributed by atoms with van der Waals surface area (Å²) in [5, 5.41) is 3.28. The monoisotopic (exact) mass is 196 g/mol. The van der Waals surface area contributed by atoms with E-state index in [0.717, 1.165) is 25.5 Å². The molecule has 0 bridgehead atoms. The lowest BCUT2D eigenvalue weighted by Gasteiger charge is -2.09. The lowest BCUT2D eigenvalue weighted by molar-refractivity contribution is 0.529. The van der Waals surface area contributed by atoms with Crippen LogP contribution < -0.4 is 11.1 Å². The molecule has 1 heterocycles. The first kappa shape index (κ1) is 11.0. The standard InChI is InChI=1S/C10H20N4/c1-9(8-11)4-3-5-12-10-13-6-7-14(10)2/h6-7,9H,3-5,8,11H2,1-2H3,(H,12,13). The van der Waals surface area contributed by atoms with Crippen LogP contribution in [0.2, 0.25) is 0 Å². The first-order valence-electron chi connectivity index (χ1n) is 5.15. The largest absolute Gasteiger partial charge is 0.356 e. The van der Waals surface area contributed by atoms with E-state index in [1.54, 1.807) is 6.20 Å². The lowest BCUT2D eigenvalue weighted by atomic mass is 10.1. The molecule has 0 aliphatic rings. The Morgan fingerprint density at radius 3 is 3.00 bits per heavy atom. The van der Waals surface area contributed by atoms with Gasteiger partial charge in [0.25, 0.3) is 0 Å². The molecule has 1 aromatic heterocycles. The zero-order valence-electron chi connectivity index (χ0n) is 9.03. The van der Waals surface area contributed by atoms with Gasteiger partial charge in [-0.1, -0.05) is 6.92 Å². The normalized spacial score (nSPS) is 12.8. The van der Waals surface area contributed by atoms with E-state index in [0.29, 0.717) is 5.92 Å². The van der Waals surface area contributed by atoms with Gasteiger partial charge >= 0.3 is 0 Å². The van der Waals surface area contributed by atoms with E-state index >= 15 is 0 Å². The molecule has 14 heavy (non-hydrogen) atoms. The van der Waals surface area contributed by atoms with Gasteiger partial charge in [-0.05, 0) is 25.3 Å². The van der Waals surface area contributed by atoms with Crippen LogP contribution in [-0.2, 0) is 7.05 Å². The second-order valence-corrected chi connectivity index (χ2v) is 3.77. The van der Waals surface area contributed by atoms with Crippen molar-refractivity contribution in [2.24, 2.45) is 18.7 Å². The van der Waals surface area contributed by atoms with Crippen LogP contribution in [0.5, 0.6) is 0 Å². The molecular formula is C10H20N4. The van der Waals surface area contributed by atoms with Crippen LogP contribution in [0, 0.1) is 5.92 Å². The molecule has 4 nitrogen and oxygen atoms in total. The van der Waals surface area contributed by atoms with Gasteiger partial charge in [0, 0.05) is 26.0 Å². The highest BCUT2D eigenvalue weighted by Gasteiger charge is 2.00. The molecule has 80 valence electrons. The molecule has 0 aromatic carbocycles. The summed E-state index contributed by atoms with van der Waals surface area (Å²) in [5.41, 5.74) is 5.54. The highest BCUT2D eigenvalue weighted by Crippen LogP contribution is 2.05. The zero-order valence-corrected chi connectivity index (χ0v) is 9.03. The number of nitrogens with two attached hydrogens (primary N) is 1. The average Bonchev–Trinajstić information content (AvgIpc) is 2.58. The Morgan fingerprint density at radius 2 is 2.43 bits per heavy atom. The maximum absolute atomic E-state index is 5.54. The van der Waals surface area contributed by atoms with Crippen molar-refractivity contribution in [1.82, 2.24) is 9.55 Å². The molecule has 4 heteroatoms. The van der Waals surface area contributed by atoms with E-state index in [9.17, 15) is 0 Å². The summed E-state index contributed by atoms with van der Waals surface area (Å²) < 4.78 is 1.98. The first-order chi connectivity index (χ1) is 6.74. The Kier molecular flexibility index (Phi) is 4.46. The van der Waals surface area contributed by atoms with Crippen molar-refractivity contribution in [3.05, 3.63) is 12.4 Å². The van der Waals surface area contributed by atoms with Crippen molar-refractivity contribution >= 4 is 5.95 Å². The van der Waals surface area contributed by atoms with Gasteiger partial charge in [0.15, 0.2) is 0 Å². The third-order valence-electron chi connectivity index (χ3n) is 2.38. The minimum atomic E-state index is 0.623. The van der Waals surface area contributed by atoms with Gasteiger partial charge in [-0.15, -0.1) is 0 Å².